The van der Waals surface area contributed by atoms with Crippen molar-refractivity contribution in [2.24, 2.45) is 0 Å². The topological polar surface area (TPSA) is 38.1 Å². The van der Waals surface area contributed by atoms with E-state index in [4.69, 9.17) is 4.42 Å². The zero-order chi connectivity index (χ0) is 13.8. The van der Waals surface area contributed by atoms with Gasteiger partial charge in [0.05, 0.1) is 5.69 Å². The second-order valence-electron chi connectivity index (χ2n) is 4.61. The number of oxazole rings is 1. The summed E-state index contributed by atoms with van der Waals surface area (Å²) >= 11 is 1.59. The highest BCUT2D eigenvalue weighted by molar-refractivity contribution is 7.99. The highest BCUT2D eigenvalue weighted by Crippen LogP contribution is 2.31. The molecule has 3 nitrogen and oxygen atoms in total. The number of aryl methyl sites for hydroxylation is 3. The van der Waals surface area contributed by atoms with Gasteiger partial charge in [0.25, 0.3) is 5.22 Å². The summed E-state index contributed by atoms with van der Waals surface area (Å²) in [5.74, 6) is 0.892. The van der Waals surface area contributed by atoms with Crippen molar-refractivity contribution >= 4 is 11.8 Å². The van der Waals surface area contributed by atoms with Crippen molar-refractivity contribution in [2.45, 2.75) is 44.4 Å². The average Bonchev–Trinajstić information content (AvgIpc) is 2.68. The van der Waals surface area contributed by atoms with Crippen LogP contribution in [0.15, 0.2) is 32.7 Å². The third-order valence-corrected chi connectivity index (χ3v) is 3.96. The lowest BCUT2D eigenvalue weighted by Crippen LogP contribution is -2.12. The van der Waals surface area contributed by atoms with Gasteiger partial charge in [-0.15, -0.1) is 0 Å². The summed E-state index contributed by atoms with van der Waals surface area (Å²) in [4.78, 5) is 5.63. The number of benzene rings is 1. The van der Waals surface area contributed by atoms with E-state index in [-0.39, 0.29) is 0 Å². The fourth-order valence-electron chi connectivity index (χ4n) is 1.79. The maximum absolute atomic E-state index is 5.64. The number of nitrogens with one attached hydrogen (secondary N) is 1. The summed E-state index contributed by atoms with van der Waals surface area (Å²) in [5, 5.41) is 4.09. The minimum Gasteiger partial charge on any atom is -0.436 e. The molecular weight excluding hydrogens is 256 g/mol. The molecule has 0 saturated carbocycles. The lowest BCUT2D eigenvalue weighted by Gasteiger charge is -2.09. The molecule has 4 heteroatoms. The van der Waals surface area contributed by atoms with Crippen molar-refractivity contribution < 1.29 is 4.42 Å². The van der Waals surface area contributed by atoms with E-state index in [1.54, 1.807) is 11.8 Å². The van der Waals surface area contributed by atoms with Gasteiger partial charge in [0, 0.05) is 11.4 Å². The molecule has 0 spiro atoms. The number of hydrogen-bond donors (Lipinski definition) is 1. The Morgan fingerprint density at radius 1 is 1.26 bits per heavy atom. The average molecular weight is 276 g/mol. The highest BCUT2D eigenvalue weighted by Gasteiger charge is 2.10. The maximum atomic E-state index is 5.64. The Kier molecular flexibility index (Phi) is 4.66. The van der Waals surface area contributed by atoms with Crippen LogP contribution in [0.4, 0.5) is 0 Å². The molecule has 0 aliphatic carbocycles. The molecule has 1 N–H and O–H groups in total. The fourth-order valence-corrected chi connectivity index (χ4v) is 2.72. The van der Waals surface area contributed by atoms with Gasteiger partial charge in [-0.3, -0.25) is 0 Å². The molecule has 0 aliphatic heterocycles. The van der Waals surface area contributed by atoms with E-state index in [9.17, 15) is 0 Å². The Balaban J connectivity index is 2.23. The first kappa shape index (κ1) is 14.2. The van der Waals surface area contributed by atoms with Crippen LogP contribution in [0.25, 0.3) is 0 Å². The summed E-state index contributed by atoms with van der Waals surface area (Å²) in [6.07, 6.45) is 0. The van der Waals surface area contributed by atoms with Crippen LogP contribution in [-0.2, 0) is 6.54 Å². The van der Waals surface area contributed by atoms with Gasteiger partial charge >= 0.3 is 0 Å². The molecule has 2 aromatic rings. The molecule has 0 amide bonds. The normalized spacial score (nSPS) is 10.9. The largest absolute Gasteiger partial charge is 0.436 e. The van der Waals surface area contributed by atoms with Crippen LogP contribution in [0, 0.1) is 20.8 Å². The third kappa shape index (κ3) is 3.61. The van der Waals surface area contributed by atoms with Gasteiger partial charge in [-0.05, 0) is 50.7 Å². The van der Waals surface area contributed by atoms with Crippen molar-refractivity contribution in [3.63, 3.8) is 0 Å². The van der Waals surface area contributed by atoms with E-state index in [0.29, 0.717) is 0 Å². The monoisotopic (exact) mass is 276 g/mol. The smallest absolute Gasteiger partial charge is 0.261 e. The van der Waals surface area contributed by atoms with Crippen molar-refractivity contribution in [1.82, 2.24) is 10.3 Å². The zero-order valence-corrected chi connectivity index (χ0v) is 12.7. The van der Waals surface area contributed by atoms with Gasteiger partial charge in [-0.1, -0.05) is 24.6 Å². The predicted octanol–water partition coefficient (Wildman–Crippen LogP) is 3.86. The molecule has 1 aromatic heterocycles. The van der Waals surface area contributed by atoms with Crippen molar-refractivity contribution in [3.8, 4) is 0 Å². The van der Waals surface area contributed by atoms with Crippen molar-refractivity contribution in [2.75, 3.05) is 6.54 Å². The van der Waals surface area contributed by atoms with Crippen LogP contribution < -0.4 is 5.32 Å². The summed E-state index contributed by atoms with van der Waals surface area (Å²) in [6.45, 7) is 9.99. The van der Waals surface area contributed by atoms with E-state index < -0.39 is 0 Å². The standard InChI is InChI=1S/C15H20N2OS/c1-5-16-9-13-8-10(2)6-7-14(13)19-15-17-11(3)12(4)18-15/h6-8,16H,5,9H2,1-4H3. The first-order valence-corrected chi connectivity index (χ1v) is 7.34. The number of aromatic nitrogens is 1. The van der Waals surface area contributed by atoms with Crippen LogP contribution in [0.1, 0.15) is 29.5 Å². The zero-order valence-electron chi connectivity index (χ0n) is 11.9. The highest BCUT2D eigenvalue weighted by atomic mass is 32.2. The van der Waals surface area contributed by atoms with Gasteiger partial charge in [0.1, 0.15) is 5.76 Å². The molecule has 2 rings (SSSR count). The SMILES string of the molecule is CCNCc1cc(C)ccc1Sc1nc(C)c(C)o1. The second kappa shape index (κ2) is 6.26. The van der Waals surface area contributed by atoms with E-state index in [2.05, 4.69) is 42.3 Å². The second-order valence-corrected chi connectivity index (χ2v) is 5.61. The Morgan fingerprint density at radius 3 is 2.68 bits per heavy atom. The minimum atomic E-state index is 0.719. The lowest BCUT2D eigenvalue weighted by atomic mass is 10.1. The summed E-state index contributed by atoms with van der Waals surface area (Å²) < 4.78 is 5.64. The predicted molar refractivity (Wildman–Crippen MR) is 78.7 cm³/mol. The van der Waals surface area contributed by atoms with Crippen molar-refractivity contribution in [3.05, 3.63) is 40.8 Å². The van der Waals surface area contributed by atoms with E-state index in [1.165, 1.54) is 16.0 Å². The quantitative estimate of drug-likeness (QED) is 0.900. The van der Waals surface area contributed by atoms with E-state index in [1.807, 2.05) is 13.8 Å². The van der Waals surface area contributed by atoms with Gasteiger partial charge in [0.15, 0.2) is 0 Å². The Hall–Kier alpha value is -1.26. The lowest BCUT2D eigenvalue weighted by molar-refractivity contribution is 0.431. The van der Waals surface area contributed by atoms with Gasteiger partial charge in [0.2, 0.25) is 0 Å². The van der Waals surface area contributed by atoms with Crippen molar-refractivity contribution in [1.29, 1.82) is 0 Å². The summed E-state index contributed by atoms with van der Waals surface area (Å²) in [6, 6.07) is 6.48. The molecule has 19 heavy (non-hydrogen) atoms. The Bertz CT molecular complexity index is 544. The molecule has 1 aromatic carbocycles. The molecule has 0 unspecified atom stereocenters. The molecule has 0 saturated heterocycles. The molecule has 0 bridgehead atoms. The van der Waals surface area contributed by atoms with E-state index >= 15 is 0 Å². The van der Waals surface area contributed by atoms with Crippen LogP contribution >= 0.6 is 11.8 Å². The van der Waals surface area contributed by atoms with Gasteiger partial charge < -0.3 is 9.73 Å². The summed E-state index contributed by atoms with van der Waals surface area (Å²) in [5.41, 5.74) is 3.53. The Morgan fingerprint density at radius 2 is 2.05 bits per heavy atom. The molecule has 0 aliphatic rings. The fraction of sp³-hybridized carbons (Fsp3) is 0.400. The molecule has 1 heterocycles. The maximum Gasteiger partial charge on any atom is 0.261 e. The molecule has 0 fully saturated rings. The van der Waals surface area contributed by atoms with Gasteiger partial charge in [-0.2, -0.15) is 0 Å². The molecule has 0 atom stereocenters. The molecule has 102 valence electrons. The van der Waals surface area contributed by atoms with E-state index in [0.717, 1.165) is 29.8 Å². The first-order chi connectivity index (χ1) is 9.10. The van der Waals surface area contributed by atoms with Crippen LogP contribution in [0.5, 0.6) is 0 Å². The number of nitrogens with zero attached hydrogens (tertiary/aromatic N) is 1. The number of rotatable bonds is 5. The molecular formula is C15H20N2OS. The first-order valence-electron chi connectivity index (χ1n) is 6.52. The number of hydrogen-bond acceptors (Lipinski definition) is 4. The third-order valence-electron chi connectivity index (χ3n) is 2.99. The summed E-state index contributed by atoms with van der Waals surface area (Å²) in [7, 11) is 0. The van der Waals surface area contributed by atoms with Gasteiger partial charge in [-0.25, -0.2) is 4.98 Å². The minimum absolute atomic E-state index is 0.719. The Labute approximate surface area is 118 Å². The molecule has 0 radical (unpaired) electrons. The van der Waals surface area contributed by atoms with Crippen LogP contribution in [0.2, 0.25) is 0 Å². The van der Waals surface area contributed by atoms with Crippen LogP contribution in [0.3, 0.4) is 0 Å². The van der Waals surface area contributed by atoms with Crippen LogP contribution in [-0.4, -0.2) is 11.5 Å².